The monoisotopic (exact) mass is 276 g/mol. The second-order valence-electron chi connectivity index (χ2n) is 4.28. The van der Waals surface area contributed by atoms with Crippen molar-refractivity contribution in [2.45, 2.75) is 12.5 Å². The van der Waals surface area contributed by atoms with Crippen LogP contribution in [0.25, 0.3) is 0 Å². The van der Waals surface area contributed by atoms with Crippen molar-refractivity contribution in [3.63, 3.8) is 0 Å². The molecule has 0 radical (unpaired) electrons. The normalized spacial score (nSPS) is 12.2. The van der Waals surface area contributed by atoms with Gasteiger partial charge in [-0.25, -0.2) is 4.98 Å². The summed E-state index contributed by atoms with van der Waals surface area (Å²) in [5.74, 6) is 0.627. The molecule has 0 aliphatic heterocycles. The molecule has 0 aliphatic rings. The minimum absolute atomic E-state index is 0.170. The molecule has 2 aromatic rings. The first-order valence-corrected chi connectivity index (χ1v) is 6.53. The smallest absolute Gasteiger partial charge is 0.212 e. The fourth-order valence-corrected chi connectivity index (χ4v) is 2.28. The lowest BCUT2D eigenvalue weighted by Crippen LogP contribution is -2.19. The molecule has 1 heterocycles. The van der Waals surface area contributed by atoms with Crippen LogP contribution in [-0.4, -0.2) is 19.1 Å². The van der Waals surface area contributed by atoms with E-state index in [-0.39, 0.29) is 6.04 Å². The van der Waals surface area contributed by atoms with E-state index >= 15 is 0 Å². The maximum atomic E-state index is 6.24. The van der Waals surface area contributed by atoms with Crippen LogP contribution >= 0.6 is 11.6 Å². The summed E-state index contributed by atoms with van der Waals surface area (Å²) in [6.07, 6.45) is 2.66. The number of aromatic nitrogens is 1. The molecule has 0 fully saturated rings. The molecule has 1 aromatic carbocycles. The highest BCUT2D eigenvalue weighted by atomic mass is 35.5. The first kappa shape index (κ1) is 13.8. The van der Waals surface area contributed by atoms with E-state index in [4.69, 9.17) is 16.3 Å². The second-order valence-corrected chi connectivity index (χ2v) is 4.68. The van der Waals surface area contributed by atoms with Gasteiger partial charge in [0.25, 0.3) is 0 Å². The molecule has 1 aromatic heterocycles. The molecule has 0 bridgehead atoms. The van der Waals surface area contributed by atoms with E-state index in [1.54, 1.807) is 7.11 Å². The molecule has 0 saturated heterocycles. The van der Waals surface area contributed by atoms with Crippen molar-refractivity contribution in [3.05, 3.63) is 58.7 Å². The average molecular weight is 277 g/mol. The van der Waals surface area contributed by atoms with Gasteiger partial charge in [0, 0.05) is 23.3 Å². The highest BCUT2D eigenvalue weighted by Gasteiger charge is 2.13. The Labute approximate surface area is 118 Å². The van der Waals surface area contributed by atoms with Crippen molar-refractivity contribution in [2.24, 2.45) is 0 Å². The number of ether oxygens (including phenoxy) is 1. The van der Waals surface area contributed by atoms with Crippen molar-refractivity contribution in [2.75, 3.05) is 14.2 Å². The van der Waals surface area contributed by atoms with Crippen LogP contribution in [0.15, 0.2) is 42.6 Å². The Kier molecular flexibility index (Phi) is 4.77. The van der Waals surface area contributed by atoms with E-state index in [1.165, 1.54) is 0 Å². The molecule has 0 aliphatic carbocycles. The fraction of sp³-hybridized carbons (Fsp3) is 0.267. The third kappa shape index (κ3) is 3.46. The molecule has 2 rings (SSSR count). The average Bonchev–Trinajstić information content (AvgIpc) is 2.46. The quantitative estimate of drug-likeness (QED) is 0.910. The summed E-state index contributed by atoms with van der Waals surface area (Å²) in [5.41, 5.74) is 2.24. The van der Waals surface area contributed by atoms with Gasteiger partial charge in [-0.05, 0) is 30.7 Å². The zero-order valence-electron chi connectivity index (χ0n) is 11.1. The van der Waals surface area contributed by atoms with Crippen LogP contribution < -0.4 is 10.1 Å². The molecule has 1 unspecified atom stereocenters. The zero-order chi connectivity index (χ0) is 13.7. The Morgan fingerprint density at radius 1 is 1.26 bits per heavy atom. The number of nitrogens with zero attached hydrogens (tertiary/aromatic N) is 1. The predicted molar refractivity (Wildman–Crippen MR) is 77.7 cm³/mol. The van der Waals surface area contributed by atoms with E-state index in [9.17, 15) is 0 Å². The summed E-state index contributed by atoms with van der Waals surface area (Å²) < 4.78 is 5.06. The topological polar surface area (TPSA) is 34.1 Å². The molecule has 1 N–H and O–H groups in total. The maximum Gasteiger partial charge on any atom is 0.212 e. The van der Waals surface area contributed by atoms with Crippen LogP contribution in [0, 0.1) is 0 Å². The number of nitrogens with one attached hydrogen (secondary N) is 1. The number of pyridine rings is 1. The van der Waals surface area contributed by atoms with Gasteiger partial charge in [-0.3, -0.25) is 0 Å². The Bertz CT molecular complexity index is 528. The number of methoxy groups -OCH3 is 1. The van der Waals surface area contributed by atoms with Crippen molar-refractivity contribution in [1.82, 2.24) is 10.3 Å². The van der Waals surface area contributed by atoms with Gasteiger partial charge in [0.05, 0.1) is 7.11 Å². The molecule has 4 heteroatoms. The maximum absolute atomic E-state index is 6.24. The lowest BCUT2D eigenvalue weighted by Gasteiger charge is -2.18. The summed E-state index contributed by atoms with van der Waals surface area (Å²) in [4.78, 5) is 4.22. The molecule has 19 heavy (non-hydrogen) atoms. The van der Waals surface area contributed by atoms with E-state index in [1.807, 2.05) is 49.6 Å². The van der Waals surface area contributed by atoms with Crippen LogP contribution in [0.2, 0.25) is 5.02 Å². The van der Waals surface area contributed by atoms with Crippen LogP contribution in [-0.2, 0) is 6.42 Å². The Balaban J connectivity index is 2.17. The lowest BCUT2D eigenvalue weighted by atomic mass is 10.00. The highest BCUT2D eigenvalue weighted by Crippen LogP contribution is 2.25. The van der Waals surface area contributed by atoms with Crippen LogP contribution in [0.1, 0.15) is 17.2 Å². The standard InChI is InChI=1S/C15H17ClN2O/c1-17-14(12-5-3-4-6-13(12)16)9-11-7-8-15(19-2)18-10-11/h3-8,10,14,17H,9H2,1-2H3. The summed E-state index contributed by atoms with van der Waals surface area (Å²) in [6.45, 7) is 0. The largest absolute Gasteiger partial charge is 0.481 e. The van der Waals surface area contributed by atoms with Crippen molar-refractivity contribution < 1.29 is 4.74 Å². The lowest BCUT2D eigenvalue weighted by molar-refractivity contribution is 0.397. The summed E-state index contributed by atoms with van der Waals surface area (Å²) in [7, 11) is 3.55. The van der Waals surface area contributed by atoms with Crippen molar-refractivity contribution >= 4 is 11.6 Å². The van der Waals surface area contributed by atoms with E-state index < -0.39 is 0 Å². The molecule has 0 saturated carbocycles. The molecule has 1 atom stereocenters. The number of halogens is 1. The van der Waals surface area contributed by atoms with Gasteiger partial charge in [-0.15, -0.1) is 0 Å². The molecular weight excluding hydrogens is 260 g/mol. The van der Waals surface area contributed by atoms with Crippen LogP contribution in [0.4, 0.5) is 0 Å². The first-order valence-electron chi connectivity index (χ1n) is 6.15. The summed E-state index contributed by atoms with van der Waals surface area (Å²) in [6, 6.07) is 11.9. The molecule has 3 nitrogen and oxygen atoms in total. The van der Waals surface area contributed by atoms with E-state index in [0.29, 0.717) is 5.88 Å². The van der Waals surface area contributed by atoms with Crippen LogP contribution in [0.3, 0.4) is 0 Å². The number of likely N-dealkylation sites (N-methyl/N-ethyl adjacent to an activating group) is 1. The van der Waals surface area contributed by atoms with Gasteiger partial charge >= 0.3 is 0 Å². The number of hydrogen-bond donors (Lipinski definition) is 1. The van der Waals surface area contributed by atoms with Gasteiger partial charge in [-0.1, -0.05) is 35.9 Å². The van der Waals surface area contributed by atoms with Crippen LogP contribution in [0.5, 0.6) is 5.88 Å². The highest BCUT2D eigenvalue weighted by molar-refractivity contribution is 6.31. The predicted octanol–water partition coefficient (Wildman–Crippen LogP) is 3.25. The molecular formula is C15H17ClN2O. The van der Waals surface area contributed by atoms with Gasteiger partial charge in [0.15, 0.2) is 0 Å². The molecule has 100 valence electrons. The third-order valence-electron chi connectivity index (χ3n) is 3.08. The van der Waals surface area contributed by atoms with Gasteiger partial charge in [0.1, 0.15) is 0 Å². The van der Waals surface area contributed by atoms with Crippen molar-refractivity contribution in [3.8, 4) is 5.88 Å². The molecule has 0 spiro atoms. The minimum atomic E-state index is 0.170. The van der Waals surface area contributed by atoms with Crippen molar-refractivity contribution in [1.29, 1.82) is 0 Å². The third-order valence-corrected chi connectivity index (χ3v) is 3.42. The van der Waals surface area contributed by atoms with E-state index in [0.717, 1.165) is 22.6 Å². The number of rotatable bonds is 5. The first-order chi connectivity index (χ1) is 9.24. The summed E-state index contributed by atoms with van der Waals surface area (Å²) in [5, 5.41) is 4.07. The minimum Gasteiger partial charge on any atom is -0.481 e. The van der Waals surface area contributed by atoms with E-state index in [2.05, 4.69) is 10.3 Å². The Morgan fingerprint density at radius 2 is 2.05 bits per heavy atom. The molecule has 0 amide bonds. The van der Waals surface area contributed by atoms with Gasteiger partial charge in [0.2, 0.25) is 5.88 Å². The zero-order valence-corrected chi connectivity index (χ0v) is 11.8. The number of benzene rings is 1. The Morgan fingerprint density at radius 3 is 2.63 bits per heavy atom. The van der Waals surface area contributed by atoms with Gasteiger partial charge in [-0.2, -0.15) is 0 Å². The second kappa shape index (κ2) is 6.55. The Hall–Kier alpha value is -1.58. The fourth-order valence-electron chi connectivity index (χ4n) is 2.01. The van der Waals surface area contributed by atoms with Gasteiger partial charge < -0.3 is 10.1 Å². The number of hydrogen-bond acceptors (Lipinski definition) is 3. The summed E-state index contributed by atoms with van der Waals surface area (Å²) >= 11 is 6.24. The SMILES string of the molecule is CNC(Cc1ccc(OC)nc1)c1ccccc1Cl.